The number of hydrogen-bond acceptors (Lipinski definition) is 4. The summed E-state index contributed by atoms with van der Waals surface area (Å²) in [6.07, 6.45) is 5.10. The Labute approximate surface area is 234 Å². The molecule has 0 bridgehead atoms. The maximum Gasteiger partial charge on any atom is 0.182 e. The van der Waals surface area contributed by atoms with E-state index in [1.165, 1.54) is 29.8 Å². The highest BCUT2D eigenvalue weighted by Crippen LogP contribution is 2.26. The summed E-state index contributed by atoms with van der Waals surface area (Å²) < 4.78 is 19.5. The molecular formula is C29H30Cl3FN2O2. The quantitative estimate of drug-likeness (QED) is 0.182. The SMILES string of the molecule is CCc1ccc(C(CN2C=CN(CC(=O)c3ccc(F)cc3)C2)OC(Cl)Cc2ccc(Cl)cc2)cc1.Cl. The fourth-order valence-electron chi connectivity index (χ4n) is 4.09. The van der Waals surface area contributed by atoms with Crippen molar-refractivity contribution >= 4 is 41.4 Å². The third-order valence-corrected chi connectivity index (χ3v) is 6.66. The van der Waals surface area contributed by atoms with E-state index >= 15 is 0 Å². The minimum Gasteiger partial charge on any atom is -0.356 e. The van der Waals surface area contributed by atoms with Crippen molar-refractivity contribution in [1.29, 1.82) is 0 Å². The number of Topliss-reactive ketones (excluding diaryl/α,β-unsaturated/α-hetero) is 1. The van der Waals surface area contributed by atoms with Crippen molar-refractivity contribution in [2.45, 2.75) is 31.4 Å². The molecule has 0 saturated heterocycles. The van der Waals surface area contributed by atoms with Crippen LogP contribution in [0, 0.1) is 5.82 Å². The van der Waals surface area contributed by atoms with Crippen molar-refractivity contribution in [3.8, 4) is 0 Å². The number of carbonyl (C=O) groups excluding carboxylic acids is 1. The van der Waals surface area contributed by atoms with E-state index in [1.807, 2.05) is 41.6 Å². The number of carbonyl (C=O) groups is 1. The zero-order valence-electron chi connectivity index (χ0n) is 20.5. The van der Waals surface area contributed by atoms with Gasteiger partial charge in [0, 0.05) is 36.0 Å². The lowest BCUT2D eigenvalue weighted by atomic mass is 10.1. The Kier molecular flexibility index (Phi) is 10.8. The van der Waals surface area contributed by atoms with E-state index in [0.717, 1.165) is 17.5 Å². The molecule has 0 N–H and O–H groups in total. The smallest absolute Gasteiger partial charge is 0.182 e. The van der Waals surface area contributed by atoms with Gasteiger partial charge in [-0.15, -0.1) is 12.4 Å². The maximum absolute atomic E-state index is 13.2. The molecule has 8 heteroatoms. The fourth-order valence-corrected chi connectivity index (χ4v) is 4.52. The van der Waals surface area contributed by atoms with Gasteiger partial charge in [-0.2, -0.15) is 0 Å². The van der Waals surface area contributed by atoms with Gasteiger partial charge in [-0.05, 0) is 59.5 Å². The number of nitrogens with zero attached hydrogens (tertiary/aromatic N) is 2. The van der Waals surface area contributed by atoms with Crippen LogP contribution in [0.1, 0.15) is 40.1 Å². The van der Waals surface area contributed by atoms with Crippen molar-refractivity contribution in [1.82, 2.24) is 9.80 Å². The third kappa shape index (κ3) is 8.47. The first-order valence-corrected chi connectivity index (χ1v) is 12.8. The van der Waals surface area contributed by atoms with Gasteiger partial charge < -0.3 is 14.5 Å². The van der Waals surface area contributed by atoms with E-state index in [-0.39, 0.29) is 36.7 Å². The molecule has 0 aromatic heterocycles. The molecule has 3 aromatic carbocycles. The van der Waals surface area contributed by atoms with Crippen LogP contribution < -0.4 is 0 Å². The van der Waals surface area contributed by atoms with E-state index in [0.29, 0.717) is 30.2 Å². The molecule has 4 nitrogen and oxygen atoms in total. The van der Waals surface area contributed by atoms with Gasteiger partial charge in [0.05, 0.1) is 13.2 Å². The van der Waals surface area contributed by atoms with E-state index in [1.54, 1.807) is 0 Å². The highest BCUT2D eigenvalue weighted by Gasteiger charge is 2.23. The predicted molar refractivity (Wildman–Crippen MR) is 150 cm³/mol. The summed E-state index contributed by atoms with van der Waals surface area (Å²) in [6, 6.07) is 21.6. The molecule has 2 atom stereocenters. The topological polar surface area (TPSA) is 32.8 Å². The molecule has 196 valence electrons. The normalized spacial score (nSPS) is 14.4. The van der Waals surface area contributed by atoms with Gasteiger partial charge in [-0.3, -0.25) is 4.79 Å². The van der Waals surface area contributed by atoms with Crippen molar-refractivity contribution in [3.05, 3.63) is 118 Å². The predicted octanol–water partition coefficient (Wildman–Crippen LogP) is 7.26. The molecule has 1 aliphatic rings. The van der Waals surface area contributed by atoms with Crippen molar-refractivity contribution in [2.75, 3.05) is 19.8 Å². The summed E-state index contributed by atoms with van der Waals surface area (Å²) >= 11 is 12.6. The number of benzene rings is 3. The Bertz CT molecular complexity index is 1170. The monoisotopic (exact) mass is 562 g/mol. The number of alkyl halides is 1. The molecule has 0 saturated carbocycles. The van der Waals surface area contributed by atoms with Crippen LogP contribution in [0.4, 0.5) is 4.39 Å². The second-order valence-corrected chi connectivity index (χ2v) is 9.77. The molecule has 1 heterocycles. The minimum atomic E-state index is -0.523. The van der Waals surface area contributed by atoms with Crippen LogP contribution in [0.25, 0.3) is 0 Å². The Balaban J connectivity index is 0.00000380. The van der Waals surface area contributed by atoms with Gasteiger partial charge in [0.2, 0.25) is 0 Å². The Morgan fingerprint density at radius 3 is 2.22 bits per heavy atom. The first kappa shape index (κ1) is 29.0. The molecular weight excluding hydrogens is 534 g/mol. The maximum atomic E-state index is 13.2. The van der Waals surface area contributed by atoms with Crippen molar-refractivity contribution in [2.24, 2.45) is 0 Å². The average Bonchev–Trinajstić information content (AvgIpc) is 3.32. The van der Waals surface area contributed by atoms with Crippen LogP contribution in [0.3, 0.4) is 0 Å². The highest BCUT2D eigenvalue weighted by molar-refractivity contribution is 6.30. The first-order chi connectivity index (χ1) is 17.4. The van der Waals surface area contributed by atoms with E-state index in [2.05, 4.69) is 36.1 Å². The van der Waals surface area contributed by atoms with E-state index < -0.39 is 5.56 Å². The van der Waals surface area contributed by atoms with E-state index in [4.69, 9.17) is 27.9 Å². The largest absolute Gasteiger partial charge is 0.356 e. The zero-order chi connectivity index (χ0) is 25.5. The number of aryl methyl sites for hydroxylation is 1. The molecule has 37 heavy (non-hydrogen) atoms. The summed E-state index contributed by atoms with van der Waals surface area (Å²) in [4.78, 5) is 16.6. The lowest BCUT2D eigenvalue weighted by Gasteiger charge is -2.28. The molecule has 3 aromatic rings. The molecule has 0 fully saturated rings. The Hall–Kier alpha value is -2.57. The van der Waals surface area contributed by atoms with Crippen molar-refractivity contribution in [3.63, 3.8) is 0 Å². The van der Waals surface area contributed by atoms with Gasteiger partial charge in [0.25, 0.3) is 0 Å². The van der Waals surface area contributed by atoms with Crippen LogP contribution in [-0.4, -0.2) is 40.9 Å². The van der Waals surface area contributed by atoms with E-state index in [9.17, 15) is 9.18 Å². The lowest BCUT2D eigenvalue weighted by Crippen LogP contribution is -2.33. The standard InChI is InChI=1S/C29H29Cl2FN2O2.ClH/c1-2-21-3-7-24(8-4-21)28(36-29(31)17-22-5-11-25(30)12-6-22)19-34-16-15-33(20-34)18-27(35)23-9-13-26(32)14-10-23;/h3-16,28-29H,2,17-20H2,1H3;1H. The second kappa shape index (κ2) is 13.8. The molecule has 1 aliphatic heterocycles. The van der Waals surface area contributed by atoms with Gasteiger partial charge >= 0.3 is 0 Å². The van der Waals surface area contributed by atoms with Gasteiger partial charge in [0.15, 0.2) is 5.78 Å². The van der Waals surface area contributed by atoms with Crippen LogP contribution >= 0.6 is 35.6 Å². The van der Waals surface area contributed by atoms with Crippen LogP contribution in [0.5, 0.6) is 0 Å². The average molecular weight is 564 g/mol. The fraction of sp³-hybridized carbons (Fsp3) is 0.276. The highest BCUT2D eigenvalue weighted by atomic mass is 35.5. The second-order valence-electron chi connectivity index (χ2n) is 8.85. The first-order valence-electron chi connectivity index (χ1n) is 12.0. The number of hydrogen-bond donors (Lipinski definition) is 0. The molecule has 0 aliphatic carbocycles. The Morgan fingerprint density at radius 1 is 0.946 bits per heavy atom. The molecule has 2 unspecified atom stereocenters. The summed E-state index contributed by atoms with van der Waals surface area (Å²) in [5.74, 6) is -0.418. The molecule has 4 rings (SSSR count). The minimum absolute atomic E-state index is 0. The van der Waals surface area contributed by atoms with Crippen LogP contribution in [0.15, 0.2) is 85.2 Å². The molecule has 0 radical (unpaired) electrons. The lowest BCUT2D eigenvalue weighted by molar-refractivity contribution is 0.0120. The van der Waals surface area contributed by atoms with Crippen LogP contribution in [0.2, 0.25) is 5.02 Å². The molecule has 0 amide bonds. The summed E-state index contributed by atoms with van der Waals surface area (Å²) in [5, 5.41) is 0.683. The summed E-state index contributed by atoms with van der Waals surface area (Å²) in [7, 11) is 0. The summed E-state index contributed by atoms with van der Waals surface area (Å²) in [6.45, 7) is 3.46. The van der Waals surface area contributed by atoms with Gasteiger partial charge in [0.1, 0.15) is 17.5 Å². The third-order valence-electron chi connectivity index (χ3n) is 6.15. The van der Waals surface area contributed by atoms with Crippen LogP contribution in [-0.2, 0) is 17.6 Å². The molecule has 0 spiro atoms. The summed E-state index contributed by atoms with van der Waals surface area (Å²) in [5.41, 5.74) is 3.32. The Morgan fingerprint density at radius 2 is 1.57 bits per heavy atom. The number of ketones is 1. The zero-order valence-corrected chi connectivity index (χ0v) is 22.9. The number of rotatable bonds is 11. The van der Waals surface area contributed by atoms with Gasteiger partial charge in [-0.25, -0.2) is 4.39 Å². The van der Waals surface area contributed by atoms with Crippen molar-refractivity contribution < 1.29 is 13.9 Å². The number of halogens is 4. The van der Waals surface area contributed by atoms with Gasteiger partial charge in [-0.1, -0.05) is 66.5 Å². The number of ether oxygens (including phenoxy) is 1.